The van der Waals surface area contributed by atoms with Gasteiger partial charge in [0.1, 0.15) is 6.54 Å². The number of para-hydroxylation sites is 1. The zero-order chi connectivity index (χ0) is 26.3. The van der Waals surface area contributed by atoms with Crippen LogP contribution in [0.25, 0.3) is 6.08 Å². The first kappa shape index (κ1) is 26.4. The van der Waals surface area contributed by atoms with Crippen LogP contribution in [0.2, 0.25) is 0 Å². The second-order valence-electron chi connectivity index (χ2n) is 10.2. The van der Waals surface area contributed by atoms with Crippen LogP contribution in [-0.4, -0.2) is 40.4 Å². The molecule has 0 saturated carbocycles. The number of hydrogen-bond acceptors (Lipinski definition) is 3. The highest BCUT2D eigenvalue weighted by Crippen LogP contribution is 2.42. The van der Waals surface area contributed by atoms with Gasteiger partial charge in [-0.1, -0.05) is 18.2 Å². The molecular formula is C31H40N5O+. The van der Waals surface area contributed by atoms with E-state index in [1.165, 1.54) is 22.7 Å². The fourth-order valence-corrected chi connectivity index (χ4v) is 5.03. The molecule has 0 unspecified atom stereocenters. The third-order valence-electron chi connectivity index (χ3n) is 7.10. The molecule has 4 rings (SSSR count). The number of nitrogens with one attached hydrogen (secondary N) is 2. The van der Waals surface area contributed by atoms with Gasteiger partial charge < -0.3 is 20.9 Å². The molecule has 194 valence electrons. The maximum atomic E-state index is 11.9. The standard InChI is InChI=1S/C31H39N5O/c1-31(2)27-23-25(34-24-11-6-4-7-12-24)15-17-28(27)36(22-9-5-8-14-30(37)33-20-19-32)29(31)18-16-26-13-10-21-35(26)3/h4,6-7,10-13,15-18,21,23,34H,5,8-9,14,19-20,22,32H2,1-3H3/p+1. The number of nitrogens with zero attached hydrogens (tertiary/aromatic N) is 2. The Kier molecular flexibility index (Phi) is 8.62. The molecule has 6 heteroatoms. The van der Waals surface area contributed by atoms with Crippen LogP contribution >= 0.6 is 0 Å². The summed E-state index contributed by atoms with van der Waals surface area (Å²) in [6, 6.07) is 21.2. The van der Waals surface area contributed by atoms with Crippen molar-refractivity contribution in [2.75, 3.05) is 25.0 Å². The van der Waals surface area contributed by atoms with E-state index in [0.29, 0.717) is 19.5 Å². The largest absolute Gasteiger partial charge is 0.356 e. The summed E-state index contributed by atoms with van der Waals surface area (Å²) in [7, 11) is 2.07. The van der Waals surface area contributed by atoms with Crippen molar-refractivity contribution in [1.82, 2.24) is 9.88 Å². The third-order valence-corrected chi connectivity index (χ3v) is 7.10. The first-order valence-corrected chi connectivity index (χ1v) is 13.3. The summed E-state index contributed by atoms with van der Waals surface area (Å²) in [6.45, 7) is 6.56. The quantitative estimate of drug-likeness (QED) is 0.228. The molecule has 0 saturated heterocycles. The zero-order valence-corrected chi connectivity index (χ0v) is 22.3. The fraction of sp³-hybridized carbons (Fsp3) is 0.355. The van der Waals surface area contributed by atoms with Crippen LogP contribution in [-0.2, 0) is 17.3 Å². The highest BCUT2D eigenvalue weighted by molar-refractivity contribution is 6.05. The second-order valence-corrected chi connectivity index (χ2v) is 10.2. The lowest BCUT2D eigenvalue weighted by atomic mass is 9.81. The minimum Gasteiger partial charge on any atom is -0.356 e. The molecule has 4 N–H and O–H groups in total. The van der Waals surface area contributed by atoms with Crippen LogP contribution in [0.1, 0.15) is 50.8 Å². The molecule has 0 spiro atoms. The zero-order valence-electron chi connectivity index (χ0n) is 22.3. The summed E-state index contributed by atoms with van der Waals surface area (Å²) in [4.78, 5) is 11.9. The lowest BCUT2D eigenvalue weighted by molar-refractivity contribution is -0.438. The Balaban J connectivity index is 1.55. The molecule has 1 aromatic heterocycles. The molecule has 37 heavy (non-hydrogen) atoms. The van der Waals surface area contributed by atoms with E-state index in [4.69, 9.17) is 5.73 Å². The summed E-state index contributed by atoms with van der Waals surface area (Å²) in [5.41, 5.74) is 12.6. The Morgan fingerprint density at radius 2 is 1.81 bits per heavy atom. The van der Waals surface area contributed by atoms with Crippen molar-refractivity contribution in [2.45, 2.75) is 44.9 Å². The van der Waals surface area contributed by atoms with E-state index in [1.54, 1.807) is 0 Å². The number of rotatable bonds is 12. The number of carbonyl (C=O) groups is 1. The third kappa shape index (κ3) is 6.38. The van der Waals surface area contributed by atoms with E-state index in [9.17, 15) is 4.79 Å². The van der Waals surface area contributed by atoms with Gasteiger partial charge in [-0.3, -0.25) is 4.79 Å². The number of fused-ring (bicyclic) bond motifs is 1. The lowest BCUT2D eigenvalue weighted by Crippen LogP contribution is -2.28. The number of aromatic nitrogens is 1. The van der Waals surface area contributed by atoms with E-state index >= 15 is 0 Å². The molecule has 1 aliphatic heterocycles. The van der Waals surface area contributed by atoms with Crippen molar-refractivity contribution in [1.29, 1.82) is 0 Å². The van der Waals surface area contributed by atoms with Gasteiger partial charge in [0, 0.05) is 74.0 Å². The number of benzene rings is 2. The Labute approximate surface area is 220 Å². The molecule has 2 heterocycles. The summed E-state index contributed by atoms with van der Waals surface area (Å²) >= 11 is 0. The van der Waals surface area contributed by atoms with Crippen LogP contribution in [0.4, 0.5) is 17.1 Å². The van der Waals surface area contributed by atoms with E-state index in [2.05, 4.69) is 101 Å². The first-order valence-electron chi connectivity index (χ1n) is 13.3. The molecule has 0 radical (unpaired) electrons. The van der Waals surface area contributed by atoms with Crippen LogP contribution in [0.5, 0.6) is 0 Å². The van der Waals surface area contributed by atoms with Crippen molar-refractivity contribution in [3.63, 3.8) is 0 Å². The number of hydrogen-bond donors (Lipinski definition) is 3. The summed E-state index contributed by atoms with van der Waals surface area (Å²) in [5, 5.41) is 6.41. The number of nitrogens with two attached hydrogens (primary N) is 1. The van der Waals surface area contributed by atoms with Gasteiger partial charge in [-0.2, -0.15) is 4.58 Å². The van der Waals surface area contributed by atoms with E-state index < -0.39 is 0 Å². The van der Waals surface area contributed by atoms with Crippen molar-refractivity contribution < 1.29 is 9.37 Å². The summed E-state index contributed by atoms with van der Waals surface area (Å²) in [6.07, 6.45) is 10.0. The molecule has 1 aliphatic rings. The minimum atomic E-state index is -0.145. The van der Waals surface area contributed by atoms with E-state index in [1.807, 2.05) is 18.2 Å². The van der Waals surface area contributed by atoms with Crippen molar-refractivity contribution in [3.05, 3.63) is 84.2 Å². The molecule has 0 bridgehead atoms. The predicted octanol–water partition coefficient (Wildman–Crippen LogP) is 5.49. The Morgan fingerprint density at radius 3 is 2.54 bits per heavy atom. The van der Waals surface area contributed by atoms with Gasteiger partial charge >= 0.3 is 0 Å². The summed E-state index contributed by atoms with van der Waals surface area (Å²) in [5.74, 6) is 0.0919. The molecule has 0 aliphatic carbocycles. The molecule has 2 aromatic carbocycles. The van der Waals surface area contributed by atoms with Gasteiger partial charge in [-0.25, -0.2) is 0 Å². The van der Waals surface area contributed by atoms with Gasteiger partial charge in [0.2, 0.25) is 11.6 Å². The monoisotopic (exact) mass is 498 g/mol. The van der Waals surface area contributed by atoms with Gasteiger partial charge in [0.15, 0.2) is 5.71 Å². The smallest absolute Gasteiger partial charge is 0.220 e. The van der Waals surface area contributed by atoms with Crippen LogP contribution < -0.4 is 16.4 Å². The van der Waals surface area contributed by atoms with Crippen LogP contribution in [0, 0.1) is 0 Å². The van der Waals surface area contributed by atoms with Crippen molar-refractivity contribution in [2.24, 2.45) is 12.8 Å². The maximum absolute atomic E-state index is 11.9. The number of carbonyl (C=O) groups excluding carboxylic acids is 1. The number of unbranched alkanes of at least 4 members (excludes halogenated alkanes) is 2. The van der Waals surface area contributed by atoms with E-state index in [-0.39, 0.29) is 11.3 Å². The molecule has 1 amide bonds. The average molecular weight is 499 g/mol. The van der Waals surface area contributed by atoms with Gasteiger partial charge in [0.25, 0.3) is 0 Å². The van der Waals surface area contributed by atoms with Crippen LogP contribution in [0.15, 0.2) is 72.9 Å². The Morgan fingerprint density at radius 1 is 1.00 bits per heavy atom. The fourth-order valence-electron chi connectivity index (χ4n) is 5.03. The highest BCUT2D eigenvalue weighted by atomic mass is 16.1. The van der Waals surface area contributed by atoms with E-state index in [0.717, 1.165) is 37.2 Å². The lowest BCUT2D eigenvalue weighted by Gasteiger charge is -2.17. The maximum Gasteiger partial charge on any atom is 0.220 e. The number of aryl methyl sites for hydroxylation is 1. The number of amides is 1. The average Bonchev–Trinajstić information content (AvgIpc) is 3.39. The van der Waals surface area contributed by atoms with Gasteiger partial charge in [-0.15, -0.1) is 0 Å². The number of anilines is 2. The predicted molar refractivity (Wildman–Crippen MR) is 154 cm³/mol. The summed E-state index contributed by atoms with van der Waals surface area (Å²) < 4.78 is 4.60. The van der Waals surface area contributed by atoms with Crippen molar-refractivity contribution in [3.8, 4) is 0 Å². The molecule has 0 fully saturated rings. The SMILES string of the molecule is Cn1cccc1/C=C/C1=[N+](CCCCCC(=O)NCCN)c2ccc(Nc3ccccc3)cc2C1(C)C. The molecule has 0 atom stereocenters. The van der Waals surface area contributed by atoms with Crippen molar-refractivity contribution >= 4 is 34.8 Å². The highest BCUT2D eigenvalue weighted by Gasteiger charge is 2.44. The van der Waals surface area contributed by atoms with Crippen LogP contribution in [0.3, 0.4) is 0 Å². The second kappa shape index (κ2) is 12.1. The topological polar surface area (TPSA) is 75.1 Å². The molecular weight excluding hydrogens is 458 g/mol. The van der Waals surface area contributed by atoms with Gasteiger partial charge in [0.05, 0.1) is 5.41 Å². The first-order chi connectivity index (χ1) is 17.9. The normalized spacial score (nSPS) is 14.3. The molecule has 3 aromatic rings. The number of allylic oxidation sites excluding steroid dienone is 1. The minimum absolute atomic E-state index is 0.0919. The molecule has 6 nitrogen and oxygen atoms in total. The van der Waals surface area contributed by atoms with Gasteiger partial charge in [-0.05, 0) is 69.2 Å². The Bertz CT molecular complexity index is 1270. The Hall–Kier alpha value is -3.64.